The topological polar surface area (TPSA) is 83.0 Å². The third-order valence-electron chi connectivity index (χ3n) is 4.60. The van der Waals surface area contributed by atoms with Gasteiger partial charge in [0, 0.05) is 43.8 Å². The maximum Gasteiger partial charge on any atom is 0.125 e. The first-order chi connectivity index (χ1) is 11.0. The molecule has 1 heterocycles. The number of hydrogen-bond donors (Lipinski definition) is 2. The van der Waals surface area contributed by atoms with Gasteiger partial charge in [-0.05, 0) is 13.0 Å². The number of rotatable bonds is 7. The Morgan fingerprint density at radius 2 is 1.78 bits per heavy atom. The zero-order valence-corrected chi connectivity index (χ0v) is 14.4. The second-order valence-electron chi connectivity index (χ2n) is 6.04. The first kappa shape index (κ1) is 17.8. The van der Waals surface area contributed by atoms with Crippen LogP contribution in [0.5, 0.6) is 5.75 Å². The van der Waals surface area contributed by atoms with Crippen LogP contribution in [0.15, 0.2) is 12.1 Å². The fraction of sp³-hybridized carbons (Fsp3) is 0.647. The molecule has 0 saturated carbocycles. The van der Waals surface area contributed by atoms with Gasteiger partial charge in [0.05, 0.1) is 31.2 Å². The Morgan fingerprint density at radius 1 is 1.13 bits per heavy atom. The van der Waals surface area contributed by atoms with Gasteiger partial charge in [-0.15, -0.1) is 0 Å². The van der Waals surface area contributed by atoms with Crippen molar-refractivity contribution in [1.29, 1.82) is 0 Å². The molecule has 2 rings (SSSR count). The highest BCUT2D eigenvalue weighted by molar-refractivity contribution is 5.68. The van der Waals surface area contributed by atoms with Crippen molar-refractivity contribution in [1.82, 2.24) is 4.90 Å². The highest BCUT2D eigenvalue weighted by Crippen LogP contribution is 2.35. The van der Waals surface area contributed by atoms with E-state index >= 15 is 0 Å². The van der Waals surface area contributed by atoms with Crippen molar-refractivity contribution in [2.45, 2.75) is 25.8 Å². The van der Waals surface area contributed by atoms with Crippen molar-refractivity contribution in [3.8, 4) is 5.75 Å². The lowest BCUT2D eigenvalue weighted by molar-refractivity contribution is 0.0156. The lowest BCUT2D eigenvalue weighted by atomic mass is 9.91. The predicted molar refractivity (Wildman–Crippen MR) is 92.9 cm³/mol. The molecule has 2 atom stereocenters. The second-order valence-corrected chi connectivity index (χ2v) is 6.04. The Bertz CT molecular complexity index is 504. The summed E-state index contributed by atoms with van der Waals surface area (Å²) in [6.45, 7) is 8.96. The van der Waals surface area contributed by atoms with Gasteiger partial charge in [0.25, 0.3) is 0 Å². The van der Waals surface area contributed by atoms with E-state index < -0.39 is 0 Å². The van der Waals surface area contributed by atoms with Crippen molar-refractivity contribution >= 4 is 11.4 Å². The van der Waals surface area contributed by atoms with Gasteiger partial charge in [0.2, 0.25) is 0 Å². The minimum Gasteiger partial charge on any atom is -0.491 e. The molecule has 6 heteroatoms. The summed E-state index contributed by atoms with van der Waals surface area (Å²) >= 11 is 0. The largest absolute Gasteiger partial charge is 0.491 e. The van der Waals surface area contributed by atoms with Crippen molar-refractivity contribution in [2.75, 3.05) is 58.1 Å². The molecule has 4 N–H and O–H groups in total. The molecular weight excluding hydrogens is 294 g/mol. The summed E-state index contributed by atoms with van der Waals surface area (Å²) in [7, 11) is 1.66. The minimum absolute atomic E-state index is 0.272. The predicted octanol–water partition coefficient (Wildman–Crippen LogP) is 1.70. The molecule has 0 spiro atoms. The van der Waals surface area contributed by atoms with Crippen molar-refractivity contribution < 1.29 is 14.2 Å². The Morgan fingerprint density at radius 3 is 2.43 bits per heavy atom. The molecule has 0 aliphatic carbocycles. The summed E-state index contributed by atoms with van der Waals surface area (Å²) in [5.41, 5.74) is 14.2. The van der Waals surface area contributed by atoms with Gasteiger partial charge in [-0.3, -0.25) is 4.90 Å². The molecule has 1 saturated heterocycles. The fourth-order valence-corrected chi connectivity index (χ4v) is 2.91. The Kier molecular flexibility index (Phi) is 6.50. The number of anilines is 2. The highest BCUT2D eigenvalue weighted by Gasteiger charge is 2.26. The monoisotopic (exact) mass is 323 g/mol. The van der Waals surface area contributed by atoms with Crippen LogP contribution >= 0.6 is 0 Å². The molecule has 1 aromatic rings. The van der Waals surface area contributed by atoms with E-state index in [0.717, 1.165) is 37.6 Å². The van der Waals surface area contributed by atoms with Crippen LogP contribution in [0.4, 0.5) is 11.4 Å². The molecule has 1 aliphatic rings. The van der Waals surface area contributed by atoms with Gasteiger partial charge >= 0.3 is 0 Å². The Hall–Kier alpha value is -1.50. The van der Waals surface area contributed by atoms with E-state index in [1.54, 1.807) is 7.11 Å². The summed E-state index contributed by atoms with van der Waals surface area (Å²) in [4.78, 5) is 2.44. The Labute approximate surface area is 138 Å². The summed E-state index contributed by atoms with van der Waals surface area (Å²) in [5.74, 6) is 1.06. The fourth-order valence-electron chi connectivity index (χ4n) is 2.91. The molecule has 1 fully saturated rings. The molecule has 23 heavy (non-hydrogen) atoms. The van der Waals surface area contributed by atoms with E-state index in [-0.39, 0.29) is 5.92 Å². The minimum atomic E-state index is 0.272. The van der Waals surface area contributed by atoms with Crippen LogP contribution in [0.25, 0.3) is 0 Å². The summed E-state index contributed by atoms with van der Waals surface area (Å²) in [5, 5.41) is 0. The standard InChI is InChI=1S/C17H29N3O3/c1-12(13(2)20-4-6-22-7-5-20)14-10-15(18)16(19)11-17(14)23-9-8-21-3/h10-13H,4-9,18-19H2,1-3H3/t12-,13?/m1/s1. The van der Waals surface area contributed by atoms with Crippen LogP contribution in [0.3, 0.4) is 0 Å². The Balaban J connectivity index is 2.18. The lowest BCUT2D eigenvalue weighted by Crippen LogP contribution is -2.44. The number of nitrogens with zero attached hydrogens (tertiary/aromatic N) is 1. The number of methoxy groups -OCH3 is 1. The van der Waals surface area contributed by atoms with Crippen molar-refractivity contribution in [3.63, 3.8) is 0 Å². The third-order valence-corrected chi connectivity index (χ3v) is 4.60. The maximum atomic E-state index is 6.02. The van der Waals surface area contributed by atoms with Gasteiger partial charge in [0.1, 0.15) is 12.4 Å². The summed E-state index contributed by atoms with van der Waals surface area (Å²) in [6, 6.07) is 4.13. The van der Waals surface area contributed by atoms with E-state index in [0.29, 0.717) is 30.6 Å². The van der Waals surface area contributed by atoms with Gasteiger partial charge in [-0.1, -0.05) is 6.92 Å². The number of nitrogens with two attached hydrogens (primary N) is 2. The first-order valence-corrected chi connectivity index (χ1v) is 8.17. The van der Waals surface area contributed by atoms with E-state index in [4.69, 9.17) is 25.7 Å². The summed E-state index contributed by atoms with van der Waals surface area (Å²) in [6.07, 6.45) is 0. The molecule has 1 unspecified atom stereocenters. The molecule has 0 bridgehead atoms. The molecule has 6 nitrogen and oxygen atoms in total. The van der Waals surface area contributed by atoms with Crippen molar-refractivity contribution in [2.24, 2.45) is 0 Å². The molecule has 0 aromatic heterocycles. The van der Waals surface area contributed by atoms with E-state index in [2.05, 4.69) is 18.7 Å². The number of nitrogen functional groups attached to an aromatic ring is 2. The zero-order valence-electron chi connectivity index (χ0n) is 14.4. The van der Waals surface area contributed by atoms with Gasteiger partial charge in [-0.2, -0.15) is 0 Å². The number of benzene rings is 1. The molecule has 0 amide bonds. The molecule has 1 aliphatic heterocycles. The molecule has 130 valence electrons. The van der Waals surface area contributed by atoms with Crippen molar-refractivity contribution in [3.05, 3.63) is 17.7 Å². The van der Waals surface area contributed by atoms with Gasteiger partial charge < -0.3 is 25.7 Å². The normalized spacial score (nSPS) is 18.6. The van der Waals surface area contributed by atoms with Gasteiger partial charge in [-0.25, -0.2) is 0 Å². The zero-order chi connectivity index (χ0) is 16.8. The molecular formula is C17H29N3O3. The smallest absolute Gasteiger partial charge is 0.125 e. The average Bonchev–Trinajstić information content (AvgIpc) is 2.57. The quantitative estimate of drug-likeness (QED) is 0.587. The number of ether oxygens (including phenoxy) is 3. The first-order valence-electron chi connectivity index (χ1n) is 8.17. The SMILES string of the molecule is COCCOc1cc(N)c(N)cc1[C@H](C)C(C)N1CCOCC1. The van der Waals surface area contributed by atoms with E-state index in [1.165, 1.54) is 0 Å². The van der Waals surface area contributed by atoms with Crippen LogP contribution < -0.4 is 16.2 Å². The molecule has 0 radical (unpaired) electrons. The highest BCUT2D eigenvalue weighted by atomic mass is 16.5. The second kappa shape index (κ2) is 8.38. The van der Waals surface area contributed by atoms with Crippen LogP contribution in [-0.2, 0) is 9.47 Å². The number of hydrogen-bond acceptors (Lipinski definition) is 6. The number of morpholine rings is 1. The summed E-state index contributed by atoms with van der Waals surface area (Å²) < 4.78 is 16.4. The van der Waals surface area contributed by atoms with Crippen LogP contribution in [0, 0.1) is 0 Å². The maximum absolute atomic E-state index is 6.02. The van der Waals surface area contributed by atoms with Crippen LogP contribution in [0.2, 0.25) is 0 Å². The van der Waals surface area contributed by atoms with Gasteiger partial charge in [0.15, 0.2) is 0 Å². The average molecular weight is 323 g/mol. The van der Waals surface area contributed by atoms with Crippen LogP contribution in [0.1, 0.15) is 25.3 Å². The van der Waals surface area contributed by atoms with E-state index in [1.807, 2.05) is 12.1 Å². The lowest BCUT2D eigenvalue weighted by Gasteiger charge is -2.36. The third kappa shape index (κ3) is 4.50. The van der Waals surface area contributed by atoms with Crippen LogP contribution in [-0.4, -0.2) is 57.6 Å². The van der Waals surface area contributed by atoms with E-state index in [9.17, 15) is 0 Å². The molecule has 1 aromatic carbocycles.